The third-order valence-electron chi connectivity index (χ3n) is 4.51. The monoisotopic (exact) mass is 401 g/mol. The van der Waals surface area contributed by atoms with Crippen molar-refractivity contribution < 1.29 is 9.59 Å². The maximum Gasteiger partial charge on any atom is 0.255 e. The molecular formula is C19H29Cl2N3O2. The second-order valence-corrected chi connectivity index (χ2v) is 8.88. The molecule has 0 radical (unpaired) electrons. The molecule has 1 aliphatic rings. The molecule has 1 atom stereocenters. The Kier molecular flexibility index (Phi) is 7.52. The maximum atomic E-state index is 12.8. The summed E-state index contributed by atoms with van der Waals surface area (Å²) < 4.78 is 0. The molecule has 146 valence electrons. The molecule has 2 rings (SSSR count). The lowest BCUT2D eigenvalue weighted by Crippen LogP contribution is -2.34. The van der Waals surface area contributed by atoms with Gasteiger partial charge in [0.25, 0.3) is 5.91 Å². The van der Waals surface area contributed by atoms with Gasteiger partial charge in [0.05, 0.1) is 10.6 Å². The van der Waals surface area contributed by atoms with Crippen LogP contribution in [0.1, 0.15) is 50.9 Å². The van der Waals surface area contributed by atoms with Crippen molar-refractivity contribution in [2.24, 2.45) is 16.6 Å². The SMILES string of the molecule is CC(C)(C)CC(=O)Nc1ccc(Cl)c(C(=O)N2CCC(C)(CN)C2)c1.Cl. The average molecular weight is 402 g/mol. The van der Waals surface area contributed by atoms with Crippen LogP contribution < -0.4 is 11.1 Å². The molecule has 1 aromatic rings. The van der Waals surface area contributed by atoms with Crippen LogP contribution in [0, 0.1) is 10.8 Å². The van der Waals surface area contributed by atoms with E-state index in [9.17, 15) is 9.59 Å². The van der Waals surface area contributed by atoms with Crippen LogP contribution >= 0.6 is 24.0 Å². The molecule has 1 aliphatic heterocycles. The minimum atomic E-state index is -0.117. The standard InChI is InChI=1S/C19H28ClN3O2.ClH/c1-18(2,3)10-16(24)22-13-5-6-15(20)14(9-13)17(25)23-8-7-19(4,11-21)12-23;/h5-6,9H,7-8,10-12,21H2,1-4H3,(H,22,24);1H. The van der Waals surface area contributed by atoms with Crippen LogP contribution in [0.2, 0.25) is 5.02 Å². The zero-order valence-corrected chi connectivity index (χ0v) is 17.5. The second-order valence-electron chi connectivity index (χ2n) is 8.47. The number of hydrogen-bond acceptors (Lipinski definition) is 3. The first-order valence-electron chi connectivity index (χ1n) is 8.62. The van der Waals surface area contributed by atoms with Crippen molar-refractivity contribution in [3.05, 3.63) is 28.8 Å². The summed E-state index contributed by atoms with van der Waals surface area (Å²) in [5, 5.41) is 3.24. The van der Waals surface area contributed by atoms with Crippen molar-refractivity contribution in [2.75, 3.05) is 25.0 Å². The molecule has 1 heterocycles. The molecular weight excluding hydrogens is 373 g/mol. The first kappa shape index (κ1) is 22.7. The first-order valence-corrected chi connectivity index (χ1v) is 9.00. The van der Waals surface area contributed by atoms with Gasteiger partial charge >= 0.3 is 0 Å². The molecule has 5 nitrogen and oxygen atoms in total. The van der Waals surface area contributed by atoms with E-state index in [1.54, 1.807) is 23.1 Å². The highest BCUT2D eigenvalue weighted by molar-refractivity contribution is 6.34. The Morgan fingerprint density at radius 2 is 2.00 bits per heavy atom. The minimum absolute atomic E-state index is 0. The number of rotatable bonds is 4. The third kappa shape index (κ3) is 5.86. The molecule has 1 fully saturated rings. The minimum Gasteiger partial charge on any atom is -0.338 e. The Labute approximate surface area is 167 Å². The predicted molar refractivity (Wildman–Crippen MR) is 109 cm³/mol. The van der Waals surface area contributed by atoms with Crippen LogP contribution in [0.15, 0.2) is 18.2 Å². The maximum absolute atomic E-state index is 12.8. The molecule has 1 saturated heterocycles. The fourth-order valence-corrected chi connectivity index (χ4v) is 3.19. The van der Waals surface area contributed by atoms with E-state index in [1.807, 2.05) is 20.8 Å². The molecule has 2 amide bonds. The van der Waals surface area contributed by atoms with Crippen LogP contribution in [0.3, 0.4) is 0 Å². The van der Waals surface area contributed by atoms with E-state index in [0.717, 1.165) is 6.42 Å². The lowest BCUT2D eigenvalue weighted by atomic mass is 9.90. The average Bonchev–Trinajstić information content (AvgIpc) is 2.90. The molecule has 1 unspecified atom stereocenters. The van der Waals surface area contributed by atoms with Crippen LogP contribution in [0.5, 0.6) is 0 Å². The number of halogens is 2. The molecule has 0 aliphatic carbocycles. The molecule has 1 aromatic carbocycles. The van der Waals surface area contributed by atoms with Crippen LogP contribution in [-0.2, 0) is 4.79 Å². The van der Waals surface area contributed by atoms with Gasteiger partial charge in [-0.3, -0.25) is 9.59 Å². The number of carbonyl (C=O) groups is 2. The van der Waals surface area contributed by atoms with E-state index >= 15 is 0 Å². The van der Waals surface area contributed by atoms with Gasteiger partial charge in [0, 0.05) is 25.2 Å². The van der Waals surface area contributed by atoms with Gasteiger partial charge < -0.3 is 16.0 Å². The second kappa shape index (κ2) is 8.59. The number of carbonyl (C=O) groups excluding carboxylic acids is 2. The highest BCUT2D eigenvalue weighted by Crippen LogP contribution is 2.31. The van der Waals surface area contributed by atoms with Gasteiger partial charge in [0.2, 0.25) is 5.91 Å². The Morgan fingerprint density at radius 1 is 1.35 bits per heavy atom. The van der Waals surface area contributed by atoms with Crippen molar-refractivity contribution in [2.45, 2.75) is 40.5 Å². The van der Waals surface area contributed by atoms with Crippen LogP contribution in [0.25, 0.3) is 0 Å². The van der Waals surface area contributed by atoms with Gasteiger partial charge in [-0.1, -0.05) is 39.3 Å². The van der Waals surface area contributed by atoms with Crippen molar-refractivity contribution in [3.63, 3.8) is 0 Å². The summed E-state index contributed by atoms with van der Waals surface area (Å²) in [6.07, 6.45) is 1.29. The summed E-state index contributed by atoms with van der Waals surface area (Å²) in [6.45, 7) is 9.95. The summed E-state index contributed by atoms with van der Waals surface area (Å²) in [7, 11) is 0. The number of nitrogens with one attached hydrogen (secondary N) is 1. The van der Waals surface area contributed by atoms with E-state index < -0.39 is 0 Å². The topological polar surface area (TPSA) is 75.4 Å². The van der Waals surface area contributed by atoms with Crippen molar-refractivity contribution in [1.82, 2.24) is 4.90 Å². The van der Waals surface area contributed by atoms with Crippen LogP contribution in [-0.4, -0.2) is 36.3 Å². The predicted octanol–water partition coefficient (Wildman–Crippen LogP) is 3.95. The zero-order chi connectivity index (χ0) is 18.8. The first-order chi connectivity index (χ1) is 11.5. The van der Waals surface area contributed by atoms with E-state index in [4.69, 9.17) is 17.3 Å². The number of likely N-dealkylation sites (tertiary alicyclic amines) is 1. The molecule has 0 bridgehead atoms. The number of nitrogens with zero attached hydrogens (tertiary/aromatic N) is 1. The van der Waals surface area contributed by atoms with Gasteiger partial charge in [-0.15, -0.1) is 12.4 Å². The quantitative estimate of drug-likeness (QED) is 0.801. The molecule has 26 heavy (non-hydrogen) atoms. The number of anilines is 1. The number of amides is 2. The lowest BCUT2D eigenvalue weighted by molar-refractivity contribution is -0.117. The van der Waals surface area contributed by atoms with Gasteiger partial charge in [0.15, 0.2) is 0 Å². The highest BCUT2D eigenvalue weighted by Gasteiger charge is 2.35. The van der Waals surface area contributed by atoms with Crippen LogP contribution in [0.4, 0.5) is 5.69 Å². The normalized spacial score (nSPS) is 19.8. The molecule has 0 spiro atoms. The van der Waals surface area contributed by atoms with Crippen molar-refractivity contribution in [3.8, 4) is 0 Å². The third-order valence-corrected chi connectivity index (χ3v) is 4.84. The molecule has 7 heteroatoms. The number of hydrogen-bond donors (Lipinski definition) is 2. The summed E-state index contributed by atoms with van der Waals surface area (Å²) in [5.41, 5.74) is 6.68. The Balaban J connectivity index is 0.00000338. The number of nitrogens with two attached hydrogens (primary N) is 1. The largest absolute Gasteiger partial charge is 0.338 e. The molecule has 3 N–H and O–H groups in total. The zero-order valence-electron chi connectivity index (χ0n) is 15.9. The fraction of sp³-hybridized carbons (Fsp3) is 0.579. The molecule has 0 aromatic heterocycles. The smallest absolute Gasteiger partial charge is 0.255 e. The summed E-state index contributed by atoms with van der Waals surface area (Å²) in [6, 6.07) is 5.02. The Hall–Kier alpha value is -1.30. The van der Waals surface area contributed by atoms with Gasteiger partial charge in [-0.25, -0.2) is 0 Å². The van der Waals surface area contributed by atoms with E-state index in [0.29, 0.717) is 42.3 Å². The van der Waals surface area contributed by atoms with Gasteiger partial charge in [-0.05, 0) is 42.0 Å². The Bertz CT molecular complexity index is 673. The fourth-order valence-electron chi connectivity index (χ4n) is 2.99. The van der Waals surface area contributed by atoms with Gasteiger partial charge in [0.1, 0.15) is 0 Å². The van der Waals surface area contributed by atoms with E-state index in [1.165, 1.54) is 0 Å². The molecule has 0 saturated carbocycles. The van der Waals surface area contributed by atoms with Crippen molar-refractivity contribution in [1.29, 1.82) is 0 Å². The van der Waals surface area contributed by atoms with Gasteiger partial charge in [-0.2, -0.15) is 0 Å². The Morgan fingerprint density at radius 3 is 2.54 bits per heavy atom. The van der Waals surface area contributed by atoms with E-state index in [-0.39, 0.29) is 35.1 Å². The lowest BCUT2D eigenvalue weighted by Gasteiger charge is -2.23. The number of benzene rings is 1. The highest BCUT2D eigenvalue weighted by atomic mass is 35.5. The van der Waals surface area contributed by atoms with Crippen molar-refractivity contribution >= 4 is 41.5 Å². The summed E-state index contributed by atoms with van der Waals surface area (Å²) in [5.74, 6) is -0.195. The summed E-state index contributed by atoms with van der Waals surface area (Å²) in [4.78, 5) is 26.7. The van der Waals surface area contributed by atoms with E-state index in [2.05, 4.69) is 12.2 Å². The summed E-state index contributed by atoms with van der Waals surface area (Å²) >= 11 is 6.23.